The van der Waals surface area contributed by atoms with E-state index in [4.69, 9.17) is 4.74 Å². The van der Waals surface area contributed by atoms with Crippen molar-refractivity contribution in [3.8, 4) is 5.75 Å². The summed E-state index contributed by atoms with van der Waals surface area (Å²) in [7, 11) is 0. The number of carbonyl (C=O) groups is 1. The van der Waals surface area contributed by atoms with Crippen molar-refractivity contribution in [1.29, 1.82) is 0 Å². The largest absolute Gasteiger partial charge is 0.423 e. The van der Waals surface area contributed by atoms with Gasteiger partial charge in [0.05, 0.1) is 10.5 Å². The van der Waals surface area contributed by atoms with Gasteiger partial charge in [-0.25, -0.2) is 4.79 Å². The van der Waals surface area contributed by atoms with Crippen molar-refractivity contribution in [2.75, 3.05) is 0 Å². The quantitative estimate of drug-likeness (QED) is 0.366. The Labute approximate surface area is 109 Å². The lowest BCUT2D eigenvalue weighted by atomic mass is 10.2. The minimum Gasteiger partial charge on any atom is -0.423 e. The first-order chi connectivity index (χ1) is 9.06. The van der Waals surface area contributed by atoms with E-state index in [1.165, 1.54) is 24.3 Å². The summed E-state index contributed by atoms with van der Waals surface area (Å²) in [5.74, 6) is -0.104. The number of ether oxygens (including phenoxy) is 1. The van der Waals surface area contributed by atoms with Crippen molar-refractivity contribution in [3.05, 3.63) is 69.8 Å². The van der Waals surface area contributed by atoms with Gasteiger partial charge in [-0.1, -0.05) is 17.7 Å². The molecule has 96 valence electrons. The average Bonchev–Trinajstić information content (AvgIpc) is 2.41. The lowest BCUT2D eigenvalue weighted by Crippen LogP contribution is -2.08. The fourth-order valence-electron chi connectivity index (χ4n) is 1.49. The minimum atomic E-state index is -0.543. The van der Waals surface area contributed by atoms with E-state index < -0.39 is 10.9 Å². The number of nitro benzene ring substituents is 1. The van der Waals surface area contributed by atoms with Gasteiger partial charge in [0.15, 0.2) is 0 Å². The number of hydrogen-bond acceptors (Lipinski definition) is 4. The Hall–Kier alpha value is -2.69. The zero-order valence-electron chi connectivity index (χ0n) is 10.2. The van der Waals surface area contributed by atoms with E-state index >= 15 is 0 Å². The molecule has 0 aromatic heterocycles. The molecule has 2 rings (SSSR count). The molecule has 5 heteroatoms. The van der Waals surface area contributed by atoms with Crippen LogP contribution in [-0.2, 0) is 0 Å². The van der Waals surface area contributed by atoms with E-state index in [-0.39, 0.29) is 11.3 Å². The third-order valence-corrected chi connectivity index (χ3v) is 2.55. The van der Waals surface area contributed by atoms with Crippen LogP contribution in [0.2, 0.25) is 0 Å². The molecule has 0 N–H and O–H groups in total. The number of nitrogens with zero attached hydrogens (tertiary/aromatic N) is 1. The summed E-state index contributed by atoms with van der Waals surface area (Å²) in [5, 5.41) is 10.5. The highest BCUT2D eigenvalue weighted by atomic mass is 16.6. The van der Waals surface area contributed by atoms with Crippen molar-refractivity contribution in [2.24, 2.45) is 0 Å². The Morgan fingerprint density at radius 2 is 1.63 bits per heavy atom. The third kappa shape index (κ3) is 3.16. The predicted octanol–water partition coefficient (Wildman–Crippen LogP) is 3.12. The maximum absolute atomic E-state index is 11.8. The molecule has 0 bridgehead atoms. The summed E-state index contributed by atoms with van der Waals surface area (Å²) in [4.78, 5) is 21.8. The van der Waals surface area contributed by atoms with Crippen molar-refractivity contribution in [2.45, 2.75) is 6.92 Å². The molecule has 0 unspecified atom stereocenters. The second kappa shape index (κ2) is 5.30. The maximum atomic E-state index is 11.8. The highest BCUT2D eigenvalue weighted by molar-refractivity contribution is 5.91. The number of esters is 1. The fraction of sp³-hybridized carbons (Fsp3) is 0.0714. The Morgan fingerprint density at radius 3 is 2.16 bits per heavy atom. The summed E-state index contributed by atoms with van der Waals surface area (Å²) in [6.45, 7) is 1.93. The van der Waals surface area contributed by atoms with Gasteiger partial charge in [-0.3, -0.25) is 10.1 Å². The number of benzene rings is 2. The Morgan fingerprint density at radius 1 is 1.05 bits per heavy atom. The summed E-state index contributed by atoms with van der Waals surface area (Å²) < 4.78 is 5.15. The molecule has 0 spiro atoms. The van der Waals surface area contributed by atoms with Crippen LogP contribution in [-0.4, -0.2) is 10.9 Å². The van der Waals surface area contributed by atoms with E-state index in [1.54, 1.807) is 12.1 Å². The van der Waals surface area contributed by atoms with Crippen LogP contribution in [0.15, 0.2) is 48.5 Å². The minimum absolute atomic E-state index is 0.0631. The first-order valence-corrected chi connectivity index (χ1v) is 5.59. The van der Waals surface area contributed by atoms with Gasteiger partial charge in [0.25, 0.3) is 5.69 Å². The Bertz CT molecular complexity index is 602. The number of rotatable bonds is 3. The first kappa shape index (κ1) is 12.8. The van der Waals surface area contributed by atoms with Crippen LogP contribution < -0.4 is 4.74 Å². The highest BCUT2D eigenvalue weighted by Crippen LogP contribution is 2.16. The number of nitro groups is 1. The number of non-ortho nitro benzene ring substituents is 1. The number of aryl methyl sites for hydroxylation is 1. The molecule has 0 saturated heterocycles. The van der Waals surface area contributed by atoms with E-state index in [0.717, 1.165) is 5.56 Å². The van der Waals surface area contributed by atoms with Crippen LogP contribution in [0.4, 0.5) is 5.69 Å². The van der Waals surface area contributed by atoms with Crippen molar-refractivity contribution in [1.82, 2.24) is 0 Å². The second-order valence-corrected chi connectivity index (χ2v) is 4.01. The Kier molecular flexibility index (Phi) is 3.56. The smallest absolute Gasteiger partial charge is 0.343 e. The summed E-state index contributed by atoms with van der Waals surface area (Å²) in [5.41, 5.74) is 1.27. The maximum Gasteiger partial charge on any atom is 0.343 e. The van der Waals surface area contributed by atoms with Crippen LogP contribution in [0.1, 0.15) is 15.9 Å². The predicted molar refractivity (Wildman–Crippen MR) is 69.2 cm³/mol. The molecule has 5 nitrogen and oxygen atoms in total. The fourth-order valence-corrected chi connectivity index (χ4v) is 1.49. The molecule has 2 aromatic carbocycles. The van der Waals surface area contributed by atoms with Crippen LogP contribution in [0.3, 0.4) is 0 Å². The number of carbonyl (C=O) groups excluding carboxylic acids is 1. The molecule has 0 atom stereocenters. The molecule has 0 radical (unpaired) electrons. The van der Waals surface area contributed by atoms with Gasteiger partial charge >= 0.3 is 5.97 Å². The monoisotopic (exact) mass is 257 g/mol. The van der Waals surface area contributed by atoms with Crippen LogP contribution in [0, 0.1) is 17.0 Å². The normalized spacial score (nSPS) is 9.95. The van der Waals surface area contributed by atoms with Gasteiger partial charge in [0, 0.05) is 12.1 Å². The van der Waals surface area contributed by atoms with Crippen LogP contribution in [0.5, 0.6) is 5.75 Å². The van der Waals surface area contributed by atoms with Gasteiger partial charge in [0.1, 0.15) is 5.75 Å². The standard InChI is InChI=1S/C14H11NO4/c1-10-2-8-13(9-3-10)19-14(16)11-4-6-12(7-5-11)15(17)18/h2-9H,1H3. The Balaban J connectivity index is 2.11. The average molecular weight is 257 g/mol. The lowest BCUT2D eigenvalue weighted by molar-refractivity contribution is -0.384. The molecule has 0 aliphatic rings. The highest BCUT2D eigenvalue weighted by Gasteiger charge is 2.11. The van der Waals surface area contributed by atoms with Gasteiger partial charge in [-0.05, 0) is 31.2 Å². The van der Waals surface area contributed by atoms with Gasteiger partial charge in [-0.2, -0.15) is 0 Å². The summed E-state index contributed by atoms with van der Waals surface area (Å²) in [6.07, 6.45) is 0. The molecule has 0 amide bonds. The molecular formula is C14H11NO4. The molecule has 0 fully saturated rings. The molecule has 19 heavy (non-hydrogen) atoms. The zero-order chi connectivity index (χ0) is 13.8. The van der Waals surface area contributed by atoms with Crippen LogP contribution in [0.25, 0.3) is 0 Å². The van der Waals surface area contributed by atoms with Gasteiger partial charge in [0.2, 0.25) is 0 Å². The van der Waals surface area contributed by atoms with E-state index in [1.807, 2.05) is 19.1 Å². The van der Waals surface area contributed by atoms with E-state index in [2.05, 4.69) is 0 Å². The summed E-state index contributed by atoms with van der Waals surface area (Å²) in [6, 6.07) is 12.3. The van der Waals surface area contributed by atoms with E-state index in [0.29, 0.717) is 5.75 Å². The summed E-state index contributed by atoms with van der Waals surface area (Å²) >= 11 is 0. The first-order valence-electron chi connectivity index (χ1n) is 5.59. The third-order valence-electron chi connectivity index (χ3n) is 2.55. The van der Waals surface area contributed by atoms with Gasteiger partial charge in [-0.15, -0.1) is 0 Å². The van der Waals surface area contributed by atoms with Crippen molar-refractivity contribution >= 4 is 11.7 Å². The van der Waals surface area contributed by atoms with Gasteiger partial charge < -0.3 is 4.74 Å². The number of hydrogen-bond donors (Lipinski definition) is 0. The lowest BCUT2D eigenvalue weighted by Gasteiger charge is -2.04. The zero-order valence-corrected chi connectivity index (χ0v) is 10.2. The van der Waals surface area contributed by atoms with E-state index in [9.17, 15) is 14.9 Å². The molecule has 0 aliphatic heterocycles. The molecule has 2 aromatic rings. The SMILES string of the molecule is Cc1ccc(OC(=O)c2ccc([N+](=O)[O-])cc2)cc1. The second-order valence-electron chi connectivity index (χ2n) is 4.01. The molecule has 0 aliphatic carbocycles. The topological polar surface area (TPSA) is 69.4 Å². The molecular weight excluding hydrogens is 246 g/mol. The molecule has 0 heterocycles. The van der Waals surface area contributed by atoms with Crippen molar-refractivity contribution in [3.63, 3.8) is 0 Å². The molecule has 0 saturated carbocycles. The van der Waals surface area contributed by atoms with Crippen molar-refractivity contribution < 1.29 is 14.5 Å². The van der Waals surface area contributed by atoms with Crippen LogP contribution >= 0.6 is 0 Å².